The molecule has 0 aliphatic carbocycles. The molecular weight excluding hydrogens is 327 g/mol. The van der Waals surface area contributed by atoms with Crippen LogP contribution in [0.5, 0.6) is 0 Å². The third kappa shape index (κ3) is 3.76. The van der Waals surface area contributed by atoms with Gasteiger partial charge in [-0.2, -0.15) is 0 Å². The summed E-state index contributed by atoms with van der Waals surface area (Å²) in [4.78, 5) is 12.0. The third-order valence-electron chi connectivity index (χ3n) is 2.10. The highest BCUT2D eigenvalue weighted by Crippen LogP contribution is 2.19. The molecule has 1 aromatic rings. The maximum atomic E-state index is 13.5. The summed E-state index contributed by atoms with van der Waals surface area (Å²) < 4.78 is 39.5. The van der Waals surface area contributed by atoms with Gasteiger partial charge < -0.3 is 4.90 Å². The van der Waals surface area contributed by atoms with Gasteiger partial charge >= 0.3 is 0 Å². The Bertz CT molecular complexity index is 560. The molecule has 100 valence electrons. The van der Waals surface area contributed by atoms with E-state index in [0.29, 0.717) is 4.47 Å². The quantitative estimate of drug-likeness (QED) is 0.888. The molecule has 0 spiro atoms. The van der Waals surface area contributed by atoms with Gasteiger partial charge in [0.05, 0.1) is 6.54 Å². The van der Waals surface area contributed by atoms with Crippen molar-refractivity contribution >= 4 is 31.9 Å². The molecule has 0 radical (unpaired) electrons. The van der Waals surface area contributed by atoms with E-state index in [1.165, 1.54) is 25.1 Å². The second-order valence-corrected chi connectivity index (χ2v) is 6.34. The summed E-state index contributed by atoms with van der Waals surface area (Å²) in [6.45, 7) is -0.412. The fraction of sp³-hybridized carbons (Fsp3) is 0.300. The van der Waals surface area contributed by atoms with E-state index in [1.54, 1.807) is 0 Å². The van der Waals surface area contributed by atoms with Crippen molar-refractivity contribution in [2.75, 3.05) is 20.6 Å². The predicted molar refractivity (Wildman–Crippen MR) is 68.0 cm³/mol. The van der Waals surface area contributed by atoms with E-state index in [1.807, 2.05) is 4.72 Å². The minimum Gasteiger partial charge on any atom is -0.348 e. The van der Waals surface area contributed by atoms with Gasteiger partial charge in [-0.3, -0.25) is 4.79 Å². The zero-order chi connectivity index (χ0) is 13.9. The van der Waals surface area contributed by atoms with Crippen LogP contribution in [0.3, 0.4) is 0 Å². The first-order valence-electron chi connectivity index (χ1n) is 4.89. The van der Waals surface area contributed by atoms with E-state index in [0.717, 1.165) is 12.1 Å². The molecule has 0 aliphatic heterocycles. The molecule has 0 saturated carbocycles. The molecule has 1 aromatic carbocycles. The maximum Gasteiger partial charge on any atom is 0.243 e. The molecule has 0 aromatic heterocycles. The summed E-state index contributed by atoms with van der Waals surface area (Å²) in [6, 6.07) is 3.58. The first-order chi connectivity index (χ1) is 8.24. The summed E-state index contributed by atoms with van der Waals surface area (Å²) in [5, 5.41) is 0. The Labute approximate surface area is 113 Å². The van der Waals surface area contributed by atoms with Crippen LogP contribution in [0.2, 0.25) is 0 Å². The first kappa shape index (κ1) is 15.1. The molecule has 8 heteroatoms. The maximum absolute atomic E-state index is 13.5. The summed E-state index contributed by atoms with van der Waals surface area (Å²) in [5.41, 5.74) is 0. The zero-order valence-corrected chi connectivity index (χ0v) is 12.2. The Balaban J connectivity index is 2.90. The van der Waals surface area contributed by atoms with Crippen LogP contribution in [0.1, 0.15) is 0 Å². The Hall–Kier alpha value is -0.990. The highest BCUT2D eigenvalue weighted by atomic mass is 79.9. The average molecular weight is 339 g/mol. The van der Waals surface area contributed by atoms with Crippen LogP contribution in [0.25, 0.3) is 0 Å². The number of halogens is 2. The van der Waals surface area contributed by atoms with Gasteiger partial charge in [0.1, 0.15) is 10.7 Å². The van der Waals surface area contributed by atoms with Crippen LogP contribution in [0.15, 0.2) is 27.6 Å². The SMILES string of the molecule is CN(C)C(=O)CNS(=O)(=O)c1ccc(Br)cc1F. The number of nitrogens with zero attached hydrogens (tertiary/aromatic N) is 1. The first-order valence-corrected chi connectivity index (χ1v) is 7.16. The second kappa shape index (κ2) is 5.77. The van der Waals surface area contributed by atoms with Gasteiger partial charge in [-0.25, -0.2) is 17.5 Å². The largest absolute Gasteiger partial charge is 0.348 e. The fourth-order valence-corrected chi connectivity index (χ4v) is 2.45. The van der Waals surface area contributed by atoms with Crippen molar-refractivity contribution in [1.82, 2.24) is 9.62 Å². The fourth-order valence-electron chi connectivity index (χ4n) is 1.09. The van der Waals surface area contributed by atoms with E-state index in [-0.39, 0.29) is 0 Å². The molecule has 0 unspecified atom stereocenters. The number of amides is 1. The number of hydrogen-bond donors (Lipinski definition) is 1. The number of sulfonamides is 1. The molecule has 18 heavy (non-hydrogen) atoms. The smallest absolute Gasteiger partial charge is 0.243 e. The van der Waals surface area contributed by atoms with Crippen LogP contribution >= 0.6 is 15.9 Å². The number of benzene rings is 1. The van der Waals surface area contributed by atoms with Gasteiger partial charge in [-0.05, 0) is 18.2 Å². The topological polar surface area (TPSA) is 66.5 Å². The van der Waals surface area contributed by atoms with Crippen molar-refractivity contribution in [3.63, 3.8) is 0 Å². The minimum atomic E-state index is -4.03. The normalized spacial score (nSPS) is 11.3. The van der Waals surface area contributed by atoms with Gasteiger partial charge in [0, 0.05) is 18.6 Å². The number of nitrogens with one attached hydrogen (secondary N) is 1. The van der Waals surface area contributed by atoms with E-state index >= 15 is 0 Å². The number of hydrogen-bond acceptors (Lipinski definition) is 3. The van der Waals surface area contributed by atoms with Gasteiger partial charge in [0.2, 0.25) is 15.9 Å². The second-order valence-electron chi connectivity index (χ2n) is 3.69. The van der Waals surface area contributed by atoms with Crippen molar-refractivity contribution in [1.29, 1.82) is 0 Å². The molecule has 0 atom stereocenters. The lowest BCUT2D eigenvalue weighted by Crippen LogP contribution is -2.36. The Kier molecular flexibility index (Phi) is 4.83. The van der Waals surface area contributed by atoms with Crippen LogP contribution < -0.4 is 4.72 Å². The van der Waals surface area contributed by atoms with Crippen LogP contribution in [-0.2, 0) is 14.8 Å². The number of carbonyl (C=O) groups excluding carboxylic acids is 1. The molecule has 0 aliphatic rings. The predicted octanol–water partition coefficient (Wildman–Crippen LogP) is 0.955. The molecule has 1 rings (SSSR count). The number of rotatable bonds is 4. The summed E-state index contributed by atoms with van der Waals surface area (Å²) in [7, 11) is -1.04. The molecule has 0 heterocycles. The lowest BCUT2D eigenvalue weighted by atomic mass is 10.3. The molecule has 1 N–H and O–H groups in total. The van der Waals surface area contributed by atoms with Crippen molar-refractivity contribution in [2.24, 2.45) is 0 Å². The molecule has 5 nitrogen and oxygen atoms in total. The standard InChI is InChI=1S/C10H12BrFN2O3S/c1-14(2)10(15)6-13-18(16,17)9-4-3-7(11)5-8(9)12/h3-5,13H,6H2,1-2H3. The summed E-state index contributed by atoms with van der Waals surface area (Å²) >= 11 is 3.03. The lowest BCUT2D eigenvalue weighted by molar-refractivity contribution is -0.127. The summed E-state index contributed by atoms with van der Waals surface area (Å²) in [5.74, 6) is -1.30. The Morgan fingerprint density at radius 2 is 2.06 bits per heavy atom. The number of carbonyl (C=O) groups is 1. The highest BCUT2D eigenvalue weighted by Gasteiger charge is 2.20. The van der Waals surface area contributed by atoms with Crippen molar-refractivity contribution < 1.29 is 17.6 Å². The molecule has 0 bridgehead atoms. The molecule has 1 amide bonds. The molecule has 0 fully saturated rings. The minimum absolute atomic E-state index is 0.412. The lowest BCUT2D eigenvalue weighted by Gasteiger charge is -2.11. The highest BCUT2D eigenvalue weighted by molar-refractivity contribution is 9.10. The van der Waals surface area contributed by atoms with E-state index < -0.39 is 33.2 Å². The van der Waals surface area contributed by atoms with Crippen molar-refractivity contribution in [3.05, 3.63) is 28.5 Å². The van der Waals surface area contributed by atoms with E-state index in [2.05, 4.69) is 15.9 Å². The average Bonchev–Trinajstić information content (AvgIpc) is 2.25. The van der Waals surface area contributed by atoms with Crippen molar-refractivity contribution in [3.8, 4) is 0 Å². The van der Waals surface area contributed by atoms with Crippen LogP contribution in [0, 0.1) is 5.82 Å². The van der Waals surface area contributed by atoms with E-state index in [4.69, 9.17) is 0 Å². The van der Waals surface area contributed by atoms with Gasteiger partial charge in [-0.1, -0.05) is 15.9 Å². The van der Waals surface area contributed by atoms with Crippen LogP contribution in [0.4, 0.5) is 4.39 Å². The van der Waals surface area contributed by atoms with E-state index in [9.17, 15) is 17.6 Å². The van der Waals surface area contributed by atoms with Crippen LogP contribution in [-0.4, -0.2) is 39.9 Å². The van der Waals surface area contributed by atoms with Crippen molar-refractivity contribution in [2.45, 2.75) is 4.90 Å². The van der Waals surface area contributed by atoms with Gasteiger partial charge in [0.15, 0.2) is 0 Å². The summed E-state index contributed by atoms with van der Waals surface area (Å²) in [6.07, 6.45) is 0. The Morgan fingerprint density at radius 3 is 2.56 bits per heavy atom. The molecular formula is C10H12BrFN2O3S. The third-order valence-corrected chi connectivity index (χ3v) is 4.02. The molecule has 0 saturated heterocycles. The number of likely N-dealkylation sites (N-methyl/N-ethyl adjacent to an activating group) is 1. The Morgan fingerprint density at radius 1 is 1.44 bits per heavy atom. The zero-order valence-electron chi connectivity index (χ0n) is 9.78. The monoisotopic (exact) mass is 338 g/mol. The van der Waals surface area contributed by atoms with Gasteiger partial charge in [0.25, 0.3) is 0 Å². The van der Waals surface area contributed by atoms with Gasteiger partial charge in [-0.15, -0.1) is 0 Å².